The zero-order chi connectivity index (χ0) is 74.4. The summed E-state index contributed by atoms with van der Waals surface area (Å²) in [6.07, 6.45) is 2.10. The minimum Gasteiger partial charge on any atom is -0.469 e. The number of unbranched alkanes of at least 4 members (excludes halogenated alkanes) is 1. The van der Waals surface area contributed by atoms with Crippen LogP contribution in [0, 0.1) is 0 Å². The van der Waals surface area contributed by atoms with E-state index in [1.807, 2.05) is 97.1 Å². The number of methoxy groups -OCH3 is 1. The van der Waals surface area contributed by atoms with Gasteiger partial charge in [0.15, 0.2) is 0 Å². The van der Waals surface area contributed by atoms with Crippen molar-refractivity contribution in [1.29, 1.82) is 0 Å². The molecule has 0 radical (unpaired) electrons. The van der Waals surface area contributed by atoms with Gasteiger partial charge < -0.3 is 9.47 Å². The molecule has 2 aromatic heterocycles. The zero-order valence-electron chi connectivity index (χ0n) is 62.6. The van der Waals surface area contributed by atoms with Crippen LogP contribution in [0.3, 0.4) is 0 Å². The Morgan fingerprint density at radius 2 is 0.785 bits per heavy atom. The van der Waals surface area contributed by atoms with Crippen molar-refractivity contribution in [2.75, 3.05) is 122 Å². The molecule has 0 aliphatic carbocycles. The standard InChI is InChI=1S/C68H94N10O19S4Si3.3Na/c1-7-8-32-78(36-20-49-101(89,90)91,39-41-94-43-45-95-44-42-93-40-31-60(79)92-2)38-22-51-103(5,6)97-104(96-102(3,4)50-21-37-77(33-17-46-98(80,81)82,34-18-47-99(83,84)85)35-19-48-100(86,87)88)73-61-52-23-9-10-24-53(52)62(73)70-64-56-27-13-14-28-57(56)66(75(64)104)72-68-59-30-16-15-29-58(59)67(76(68)104)71-65-55-26-12-11-25-54(55)63(69-61)74(65)104;;;/h9-16,23-30H,7-8,17-22,31-51H2,1-6H3,(H2-2,80,81,82,83,84,85,86,87,88,89,90,91);;;/q;3*+1/p-2. The average molecular weight is 1640 g/mol. The molecule has 107 heavy (non-hydrogen) atoms. The van der Waals surface area contributed by atoms with Crippen molar-refractivity contribution in [3.8, 4) is 0 Å². The summed E-state index contributed by atoms with van der Waals surface area (Å²) in [7, 11) is -32.4. The molecule has 12 rings (SSSR count). The Morgan fingerprint density at radius 3 is 1.17 bits per heavy atom. The molecule has 0 fully saturated rings. The molecule has 0 N–H and O–H groups in total. The first-order valence-corrected chi connectivity index (χ1v) is 50.7. The summed E-state index contributed by atoms with van der Waals surface area (Å²) < 4.78 is 198. The van der Waals surface area contributed by atoms with E-state index in [4.69, 9.17) is 34.2 Å². The van der Waals surface area contributed by atoms with E-state index >= 15 is 0 Å². The number of aliphatic imine (C=N–C) groups is 2. The molecule has 0 saturated heterocycles. The predicted octanol–water partition coefficient (Wildman–Crippen LogP) is -3.65. The quantitative estimate of drug-likeness (QED) is 0.0117. The minimum absolute atomic E-state index is 0. The fourth-order valence-corrected chi connectivity index (χ4v) is 41.3. The van der Waals surface area contributed by atoms with Gasteiger partial charge >= 0.3 is 654 Å². The van der Waals surface area contributed by atoms with Crippen LogP contribution in [0.2, 0.25) is 38.3 Å². The molecule has 566 valence electrons. The molecular weight excluding hydrogens is 1540 g/mol. The smallest absolute Gasteiger partial charge is 0.469 e. The number of carbonyl (C=O) groups is 1. The van der Waals surface area contributed by atoms with Crippen molar-refractivity contribution in [1.82, 2.24) is 8.47 Å². The molecule has 6 aliphatic rings. The molecule has 6 aromatic rings. The van der Waals surface area contributed by atoms with Crippen LogP contribution < -0.4 is 99.6 Å². The van der Waals surface area contributed by atoms with Crippen molar-refractivity contribution in [3.63, 3.8) is 0 Å². The number of hydrogen-bond acceptors (Lipinski definition) is 23. The third-order valence-corrected chi connectivity index (χ3v) is 41.0. The van der Waals surface area contributed by atoms with Gasteiger partial charge in [0.05, 0.1) is 33.4 Å². The first kappa shape index (κ1) is 87.7. The van der Waals surface area contributed by atoms with E-state index in [0.29, 0.717) is 95.7 Å². The van der Waals surface area contributed by atoms with Gasteiger partial charge in [0.25, 0.3) is 0 Å². The van der Waals surface area contributed by atoms with Gasteiger partial charge in [0, 0.05) is 0 Å². The second-order valence-corrected chi connectivity index (χ2v) is 49.7. The topological polar surface area (TPSA) is 367 Å². The van der Waals surface area contributed by atoms with E-state index in [9.17, 15) is 64.9 Å². The molecule has 4 aromatic carbocycles. The van der Waals surface area contributed by atoms with Crippen molar-refractivity contribution in [3.05, 3.63) is 130 Å². The number of quaternary nitrogens is 2. The maximum absolute atomic E-state index is 12.4. The van der Waals surface area contributed by atoms with Crippen LogP contribution in [0.15, 0.2) is 117 Å². The number of benzene rings is 4. The fraction of sp³-hybridized carbons (Fsp3) is 0.515. The summed E-state index contributed by atoms with van der Waals surface area (Å²) in [5, 5.41) is 2.99. The van der Waals surface area contributed by atoms with E-state index in [0.717, 1.165) is 56.6 Å². The third-order valence-electron chi connectivity index (χ3n) is 21.2. The Kier molecular flexibility index (Phi) is 27.6. The maximum atomic E-state index is 12.4. The first-order chi connectivity index (χ1) is 49.2. The molecule has 0 bridgehead atoms. The molecule has 0 saturated carbocycles. The summed E-state index contributed by atoms with van der Waals surface area (Å²) in [4.78, 5) is 34.9. The van der Waals surface area contributed by atoms with Crippen molar-refractivity contribution in [2.45, 2.75) is 103 Å². The summed E-state index contributed by atoms with van der Waals surface area (Å²) in [5.41, 5.74) is 3.99. The van der Waals surface area contributed by atoms with Crippen LogP contribution in [0.4, 0.5) is 11.6 Å². The van der Waals surface area contributed by atoms with E-state index in [1.165, 1.54) is 7.11 Å². The number of carbonyl (C=O) groups excluding carboxylic acids is 1. The van der Waals surface area contributed by atoms with Gasteiger partial charge in [-0.3, -0.25) is 4.79 Å². The fourth-order valence-electron chi connectivity index (χ4n) is 17.2. The number of nitrogens with zero attached hydrogens (tertiary/aromatic N) is 10. The molecule has 0 amide bonds. The molecule has 39 heteroatoms. The number of amidine groups is 4. The van der Waals surface area contributed by atoms with Crippen LogP contribution in [0.5, 0.6) is 0 Å². The van der Waals surface area contributed by atoms with Gasteiger partial charge in [0.2, 0.25) is 0 Å². The summed E-state index contributed by atoms with van der Waals surface area (Å²) in [6.45, 7) is 14.4. The summed E-state index contributed by atoms with van der Waals surface area (Å²) >= 11 is 0. The summed E-state index contributed by atoms with van der Waals surface area (Å²) in [5.74, 6) is -0.253. The van der Waals surface area contributed by atoms with Gasteiger partial charge in [0.1, 0.15) is 0 Å². The van der Waals surface area contributed by atoms with Crippen LogP contribution in [0.1, 0.15) is 87.0 Å². The predicted molar refractivity (Wildman–Crippen MR) is 393 cm³/mol. The third kappa shape index (κ3) is 17.1. The van der Waals surface area contributed by atoms with Gasteiger partial charge in [-0.2, -0.15) is 0 Å². The van der Waals surface area contributed by atoms with E-state index < -0.39 is 87.9 Å². The molecule has 1 unspecified atom stereocenters. The Morgan fingerprint density at radius 1 is 0.449 bits per heavy atom. The molecule has 1 atom stereocenters. The van der Waals surface area contributed by atoms with Crippen LogP contribution >= 0.6 is 0 Å². The summed E-state index contributed by atoms with van der Waals surface area (Å²) in [6, 6.07) is 32.7. The van der Waals surface area contributed by atoms with E-state index in [-0.39, 0.29) is 203 Å². The van der Waals surface area contributed by atoms with E-state index in [2.05, 4.69) is 54.8 Å². The number of rotatable bonds is 43. The number of esters is 1. The normalized spacial score (nSPS) is 17.4. The second-order valence-electron chi connectivity index (χ2n) is 29.4. The van der Waals surface area contributed by atoms with Gasteiger partial charge in [-0.25, -0.2) is 0 Å². The van der Waals surface area contributed by atoms with Crippen LogP contribution in [-0.4, -0.2) is 254 Å². The van der Waals surface area contributed by atoms with Crippen molar-refractivity contribution < 1.29 is 190 Å². The molecule has 29 nitrogen and oxygen atoms in total. The number of hydrogen-bond donors (Lipinski definition) is 0. The molecular formula is C68H92N10Na3O19S4Si3+. The van der Waals surface area contributed by atoms with Gasteiger partial charge in [-0.15, -0.1) is 0 Å². The zero-order valence-corrected chi connectivity index (χ0v) is 74.9. The Labute approximate surface area is 693 Å². The Hall–Kier alpha value is -3.28. The second kappa shape index (κ2) is 33.7. The minimum atomic E-state index is -7.40. The average Bonchev–Trinajstić information content (AvgIpc) is 1.48. The van der Waals surface area contributed by atoms with Crippen LogP contribution in [0.25, 0.3) is 21.5 Å². The number of aromatic nitrogens is 2. The van der Waals surface area contributed by atoms with Crippen molar-refractivity contribution in [2.24, 2.45) is 20.0 Å². The molecule has 8 heterocycles. The Bertz CT molecular complexity index is 4910. The SMILES string of the molecule is CCCC[N+](CCC[Si](C)(C)O[Si-2]123(O[Si](C)(C)CCC[N+](CCCS(=O)(=O)[O-])(CCCS(=O)(=O)[O-])CCCS(=O)(=O)[O-])n4c5c6ccccc6c4N=C4c6ccccc6C(=[N+]41)N=c1c4ccccc4c(n12)=NC1=[N+]3C(=N5)c2ccccc21)(CCCS(=O)(=O)[O-])CCOCCOCCOCCC(=O)OC.[Na+].[Na+].[Na+]. The first-order valence-electron chi connectivity index (χ1n) is 35.6. The van der Waals surface area contributed by atoms with E-state index in [1.54, 1.807) is 0 Å². The van der Waals surface area contributed by atoms with Gasteiger partial charge in [-0.1, -0.05) is 0 Å². The number of fused-ring (bicyclic) bond motifs is 12. The number of ether oxygens (including phenoxy) is 4. The van der Waals surface area contributed by atoms with Crippen LogP contribution in [-0.2, 0) is 72.4 Å². The Balaban J connectivity index is 0.00000441. The molecule has 6 aliphatic heterocycles. The van der Waals surface area contributed by atoms with Gasteiger partial charge in [-0.05, 0) is 0 Å². The molecule has 1 spiro atoms. The van der Waals surface area contributed by atoms with Crippen molar-refractivity contribution >= 4 is 127 Å². The monoisotopic (exact) mass is 1630 g/mol.